The molecule has 0 bridgehead atoms. The van der Waals surface area contributed by atoms with Crippen LogP contribution in [0.15, 0.2) is 24.3 Å². The molecule has 1 aliphatic rings. The molecular weight excluding hydrogens is 354 g/mol. The number of methoxy groups -OCH3 is 1. The summed E-state index contributed by atoms with van der Waals surface area (Å²) >= 11 is 0. The molecule has 2 N–H and O–H groups in total. The number of carbonyl (C=O) groups excluding carboxylic acids is 1. The van der Waals surface area contributed by atoms with Gasteiger partial charge >= 0.3 is 0 Å². The molecule has 1 fully saturated rings. The van der Waals surface area contributed by atoms with Crippen LogP contribution < -0.4 is 20.3 Å². The number of amides is 1. The summed E-state index contributed by atoms with van der Waals surface area (Å²) in [5, 5.41) is 6.15. The average molecular weight is 383 g/mol. The van der Waals surface area contributed by atoms with Gasteiger partial charge in [-0.25, -0.2) is 4.98 Å². The summed E-state index contributed by atoms with van der Waals surface area (Å²) in [7, 11) is 1.65. The van der Waals surface area contributed by atoms with Gasteiger partial charge in [0.25, 0.3) is 0 Å². The maximum Gasteiger partial charge on any atom is 0.224 e. The molecule has 2 aromatic rings. The van der Waals surface area contributed by atoms with Gasteiger partial charge in [-0.1, -0.05) is 12.1 Å². The topological polar surface area (TPSA) is 79.4 Å². The highest BCUT2D eigenvalue weighted by molar-refractivity contribution is 5.78. The van der Waals surface area contributed by atoms with Gasteiger partial charge in [0.2, 0.25) is 11.9 Å². The van der Waals surface area contributed by atoms with Gasteiger partial charge in [0.1, 0.15) is 11.6 Å². The minimum absolute atomic E-state index is 0.00529. The van der Waals surface area contributed by atoms with Gasteiger partial charge in [-0.2, -0.15) is 4.98 Å². The van der Waals surface area contributed by atoms with E-state index in [4.69, 9.17) is 4.74 Å². The lowest BCUT2D eigenvalue weighted by atomic mass is 10.1. The fourth-order valence-corrected chi connectivity index (χ4v) is 3.41. The van der Waals surface area contributed by atoms with Gasteiger partial charge in [0, 0.05) is 37.9 Å². The van der Waals surface area contributed by atoms with Crippen LogP contribution in [0.1, 0.15) is 29.7 Å². The van der Waals surface area contributed by atoms with Crippen molar-refractivity contribution in [1.29, 1.82) is 0 Å². The van der Waals surface area contributed by atoms with E-state index in [0.717, 1.165) is 41.5 Å². The van der Waals surface area contributed by atoms with E-state index in [1.165, 1.54) is 12.8 Å². The first-order valence-corrected chi connectivity index (χ1v) is 9.80. The van der Waals surface area contributed by atoms with Crippen molar-refractivity contribution in [2.45, 2.75) is 33.1 Å². The molecule has 0 aliphatic carbocycles. The van der Waals surface area contributed by atoms with Crippen molar-refractivity contribution in [3.63, 3.8) is 0 Å². The Morgan fingerprint density at radius 2 is 1.93 bits per heavy atom. The average Bonchev–Trinajstić information content (AvgIpc) is 3.20. The van der Waals surface area contributed by atoms with Gasteiger partial charge in [0.15, 0.2) is 0 Å². The molecule has 7 nitrogen and oxygen atoms in total. The fraction of sp³-hybridized carbons (Fsp3) is 0.476. The Kier molecular flexibility index (Phi) is 6.68. The molecule has 2 heterocycles. The first-order valence-electron chi connectivity index (χ1n) is 9.80. The molecule has 0 spiro atoms. The van der Waals surface area contributed by atoms with Crippen molar-refractivity contribution in [1.82, 2.24) is 15.3 Å². The van der Waals surface area contributed by atoms with Gasteiger partial charge in [0.05, 0.1) is 13.5 Å². The molecule has 0 unspecified atom stereocenters. The van der Waals surface area contributed by atoms with Gasteiger partial charge in [-0.15, -0.1) is 0 Å². The van der Waals surface area contributed by atoms with Crippen LogP contribution in [0.2, 0.25) is 0 Å². The Morgan fingerprint density at radius 3 is 2.64 bits per heavy atom. The summed E-state index contributed by atoms with van der Waals surface area (Å²) in [5.74, 6) is 2.42. The fourth-order valence-electron chi connectivity index (χ4n) is 3.41. The van der Waals surface area contributed by atoms with Crippen molar-refractivity contribution in [2.24, 2.45) is 0 Å². The Balaban J connectivity index is 1.45. The largest absolute Gasteiger partial charge is 0.496 e. The third kappa shape index (κ3) is 5.34. The molecule has 150 valence electrons. The Labute approximate surface area is 166 Å². The normalized spacial score (nSPS) is 13.5. The van der Waals surface area contributed by atoms with Crippen molar-refractivity contribution >= 4 is 17.7 Å². The van der Waals surface area contributed by atoms with E-state index in [2.05, 4.69) is 25.5 Å². The van der Waals surface area contributed by atoms with E-state index < -0.39 is 0 Å². The molecule has 1 saturated heterocycles. The molecule has 0 radical (unpaired) electrons. The van der Waals surface area contributed by atoms with E-state index in [0.29, 0.717) is 25.5 Å². The van der Waals surface area contributed by atoms with Crippen molar-refractivity contribution < 1.29 is 9.53 Å². The number of aryl methyl sites for hydroxylation is 2. The number of ether oxygens (including phenoxy) is 1. The third-order valence-electron chi connectivity index (χ3n) is 4.82. The van der Waals surface area contributed by atoms with E-state index >= 15 is 0 Å². The number of aromatic nitrogens is 2. The summed E-state index contributed by atoms with van der Waals surface area (Å²) in [6, 6.07) is 7.82. The molecule has 1 aliphatic heterocycles. The van der Waals surface area contributed by atoms with E-state index in [-0.39, 0.29) is 5.91 Å². The number of nitrogens with one attached hydrogen (secondary N) is 2. The van der Waals surface area contributed by atoms with E-state index in [9.17, 15) is 4.79 Å². The zero-order valence-electron chi connectivity index (χ0n) is 16.9. The highest BCUT2D eigenvalue weighted by Gasteiger charge is 2.15. The lowest BCUT2D eigenvalue weighted by molar-refractivity contribution is -0.120. The van der Waals surface area contributed by atoms with Gasteiger partial charge in [-0.3, -0.25) is 4.79 Å². The van der Waals surface area contributed by atoms with E-state index in [1.54, 1.807) is 7.11 Å². The molecule has 1 aromatic heterocycles. The first kappa shape index (κ1) is 19.9. The quantitative estimate of drug-likeness (QED) is 0.682. The van der Waals surface area contributed by atoms with Crippen LogP contribution in [0.5, 0.6) is 5.75 Å². The van der Waals surface area contributed by atoms with E-state index in [1.807, 2.05) is 38.1 Å². The van der Waals surface area contributed by atoms with Crippen LogP contribution in [0.3, 0.4) is 0 Å². The predicted molar refractivity (Wildman–Crippen MR) is 111 cm³/mol. The molecule has 0 saturated carbocycles. The summed E-state index contributed by atoms with van der Waals surface area (Å²) in [5.41, 5.74) is 2.94. The molecule has 3 rings (SSSR count). The number of anilines is 2. The van der Waals surface area contributed by atoms with Crippen molar-refractivity contribution in [3.8, 4) is 5.75 Å². The molecule has 1 aromatic carbocycles. The maximum absolute atomic E-state index is 12.2. The summed E-state index contributed by atoms with van der Waals surface area (Å²) in [6.07, 6.45) is 2.78. The first-order chi connectivity index (χ1) is 13.5. The number of hydrogen-bond donors (Lipinski definition) is 2. The van der Waals surface area contributed by atoms with Crippen LogP contribution in [-0.4, -0.2) is 49.2 Å². The summed E-state index contributed by atoms with van der Waals surface area (Å²) in [6.45, 7) is 7.15. The molecular formula is C21H29N5O2. The number of carbonyl (C=O) groups is 1. The highest BCUT2D eigenvalue weighted by Crippen LogP contribution is 2.20. The molecule has 1 amide bonds. The Morgan fingerprint density at radius 1 is 1.14 bits per heavy atom. The van der Waals surface area contributed by atoms with Crippen LogP contribution in [0.4, 0.5) is 11.8 Å². The minimum atomic E-state index is -0.00529. The van der Waals surface area contributed by atoms with Gasteiger partial charge in [-0.05, 0) is 43.9 Å². The lowest BCUT2D eigenvalue weighted by Crippen LogP contribution is -2.30. The summed E-state index contributed by atoms with van der Waals surface area (Å²) in [4.78, 5) is 23.5. The SMILES string of the molecule is COc1ccc(CC(=O)NCCNc2nc(C)cc(N3CCCC3)n2)cc1C. The third-order valence-corrected chi connectivity index (χ3v) is 4.82. The highest BCUT2D eigenvalue weighted by atomic mass is 16.5. The van der Waals surface area contributed by atoms with Crippen LogP contribution in [0, 0.1) is 13.8 Å². The maximum atomic E-state index is 12.2. The van der Waals surface area contributed by atoms with Crippen LogP contribution in [-0.2, 0) is 11.2 Å². The number of nitrogens with zero attached hydrogens (tertiary/aromatic N) is 3. The monoisotopic (exact) mass is 383 g/mol. The Hall–Kier alpha value is -2.83. The Bertz CT molecular complexity index is 818. The second-order valence-corrected chi connectivity index (χ2v) is 7.14. The van der Waals surface area contributed by atoms with Crippen molar-refractivity contribution in [2.75, 3.05) is 43.5 Å². The zero-order valence-corrected chi connectivity index (χ0v) is 16.9. The van der Waals surface area contributed by atoms with Gasteiger partial charge < -0.3 is 20.3 Å². The zero-order chi connectivity index (χ0) is 19.9. The summed E-state index contributed by atoms with van der Waals surface area (Å²) < 4.78 is 5.25. The number of hydrogen-bond acceptors (Lipinski definition) is 6. The van der Waals surface area contributed by atoms with Crippen LogP contribution in [0.25, 0.3) is 0 Å². The minimum Gasteiger partial charge on any atom is -0.496 e. The lowest BCUT2D eigenvalue weighted by Gasteiger charge is -2.17. The van der Waals surface area contributed by atoms with Crippen molar-refractivity contribution in [3.05, 3.63) is 41.1 Å². The molecule has 28 heavy (non-hydrogen) atoms. The standard InChI is InChI=1S/C21H29N5O2/c1-15-12-17(6-7-18(15)28-3)14-20(27)22-8-9-23-21-24-16(2)13-19(25-21)26-10-4-5-11-26/h6-7,12-13H,4-5,8-11,14H2,1-3H3,(H,22,27)(H,23,24,25). The molecule has 7 heteroatoms. The number of rotatable bonds is 8. The second kappa shape index (κ2) is 9.39. The predicted octanol–water partition coefficient (Wildman–Crippen LogP) is 2.47. The molecule has 0 atom stereocenters. The number of benzene rings is 1. The smallest absolute Gasteiger partial charge is 0.224 e. The van der Waals surface area contributed by atoms with Crippen LogP contribution >= 0.6 is 0 Å². The second-order valence-electron chi connectivity index (χ2n) is 7.14.